The normalized spacial score (nSPS) is 12.3. The molecule has 17 heavy (non-hydrogen) atoms. The monoisotopic (exact) mass is 261 g/mol. The molecule has 0 bridgehead atoms. The van der Waals surface area contributed by atoms with Crippen molar-refractivity contribution in [2.24, 2.45) is 0 Å². The molecule has 7 nitrogen and oxygen atoms in total. The van der Waals surface area contributed by atoms with Crippen LogP contribution >= 0.6 is 0 Å². The Morgan fingerprint density at radius 2 is 2.18 bits per heavy atom. The van der Waals surface area contributed by atoms with Crippen LogP contribution < -0.4 is 0 Å². The zero-order chi connectivity index (χ0) is 13.2. The summed E-state index contributed by atoms with van der Waals surface area (Å²) in [6.07, 6.45) is 2.80. The van der Waals surface area contributed by atoms with E-state index in [2.05, 4.69) is 4.98 Å². The SMILES string of the molecule is CC(C)n1cnc(S(=O)(=O)N(C)CC(=O)O)c1. The van der Waals surface area contributed by atoms with Crippen LogP contribution in [0, 0.1) is 0 Å². The number of carboxylic acid groups (broad SMARTS) is 1. The van der Waals surface area contributed by atoms with Crippen LogP contribution in [0.25, 0.3) is 0 Å². The number of hydrogen-bond donors (Lipinski definition) is 1. The van der Waals surface area contributed by atoms with Crippen molar-refractivity contribution in [3.05, 3.63) is 12.5 Å². The first-order valence-electron chi connectivity index (χ1n) is 4.96. The second-order valence-electron chi connectivity index (χ2n) is 3.91. The van der Waals surface area contributed by atoms with E-state index in [4.69, 9.17) is 5.11 Å². The van der Waals surface area contributed by atoms with Gasteiger partial charge in [0.1, 0.15) is 6.54 Å². The number of rotatable bonds is 5. The van der Waals surface area contributed by atoms with Crippen LogP contribution in [0.4, 0.5) is 0 Å². The minimum Gasteiger partial charge on any atom is -0.480 e. The lowest BCUT2D eigenvalue weighted by molar-refractivity contribution is -0.137. The van der Waals surface area contributed by atoms with Gasteiger partial charge in [-0.3, -0.25) is 4.79 Å². The van der Waals surface area contributed by atoms with Crippen LogP contribution in [-0.2, 0) is 14.8 Å². The molecule has 0 unspecified atom stereocenters. The number of aromatic nitrogens is 2. The third kappa shape index (κ3) is 3.04. The van der Waals surface area contributed by atoms with Crippen molar-refractivity contribution < 1.29 is 18.3 Å². The minimum absolute atomic E-state index is 0.0937. The van der Waals surface area contributed by atoms with Gasteiger partial charge in [0.2, 0.25) is 0 Å². The fourth-order valence-corrected chi connectivity index (χ4v) is 2.20. The lowest BCUT2D eigenvalue weighted by atomic mass is 10.4. The van der Waals surface area contributed by atoms with Crippen molar-refractivity contribution in [3.8, 4) is 0 Å². The fourth-order valence-electron chi connectivity index (χ4n) is 1.17. The molecule has 1 aromatic rings. The van der Waals surface area contributed by atoms with Gasteiger partial charge in [0.05, 0.1) is 6.33 Å². The van der Waals surface area contributed by atoms with Crippen LogP contribution in [0.5, 0.6) is 0 Å². The maximum absolute atomic E-state index is 11.9. The fraction of sp³-hybridized carbons (Fsp3) is 0.556. The summed E-state index contributed by atoms with van der Waals surface area (Å²) in [4.78, 5) is 14.2. The van der Waals surface area contributed by atoms with Crippen LogP contribution in [0.2, 0.25) is 0 Å². The van der Waals surface area contributed by atoms with Gasteiger partial charge in [0, 0.05) is 19.3 Å². The number of hydrogen-bond acceptors (Lipinski definition) is 4. The minimum atomic E-state index is -3.83. The van der Waals surface area contributed by atoms with Crippen LogP contribution in [-0.4, -0.2) is 46.9 Å². The van der Waals surface area contributed by atoms with Gasteiger partial charge in [-0.25, -0.2) is 13.4 Å². The molecule has 0 aliphatic carbocycles. The second-order valence-corrected chi connectivity index (χ2v) is 5.90. The highest BCUT2D eigenvalue weighted by atomic mass is 32.2. The zero-order valence-electron chi connectivity index (χ0n) is 9.86. The number of aliphatic carboxylic acids is 1. The lowest BCUT2D eigenvalue weighted by Crippen LogP contribution is -2.32. The predicted molar refractivity (Wildman–Crippen MR) is 60.1 cm³/mol. The number of carboxylic acids is 1. The van der Waals surface area contributed by atoms with Crippen LogP contribution in [0.15, 0.2) is 17.6 Å². The van der Waals surface area contributed by atoms with E-state index >= 15 is 0 Å². The molecule has 0 atom stereocenters. The van der Waals surface area contributed by atoms with Gasteiger partial charge < -0.3 is 9.67 Å². The molecule has 0 fully saturated rings. The molecule has 8 heteroatoms. The molecule has 1 heterocycles. The molecule has 1 rings (SSSR count). The number of imidazole rings is 1. The summed E-state index contributed by atoms with van der Waals surface area (Å²) in [5.74, 6) is -1.21. The Morgan fingerprint density at radius 1 is 1.59 bits per heavy atom. The molecular formula is C9H15N3O4S. The van der Waals surface area contributed by atoms with E-state index in [-0.39, 0.29) is 11.1 Å². The smallest absolute Gasteiger partial charge is 0.318 e. The van der Waals surface area contributed by atoms with Gasteiger partial charge in [-0.1, -0.05) is 0 Å². The Labute approximate surface area is 99.7 Å². The van der Waals surface area contributed by atoms with E-state index in [1.165, 1.54) is 19.6 Å². The van der Waals surface area contributed by atoms with Crippen molar-refractivity contribution >= 4 is 16.0 Å². The van der Waals surface area contributed by atoms with Gasteiger partial charge in [-0.2, -0.15) is 4.31 Å². The molecule has 0 aliphatic heterocycles. The first-order chi connectivity index (χ1) is 7.75. The van der Waals surface area contributed by atoms with Gasteiger partial charge in [-0.05, 0) is 13.8 Å². The Bertz CT molecular complexity index is 506. The molecular weight excluding hydrogens is 246 g/mol. The van der Waals surface area contributed by atoms with E-state index in [0.717, 1.165) is 4.31 Å². The van der Waals surface area contributed by atoms with Crippen LogP contribution in [0.1, 0.15) is 19.9 Å². The van der Waals surface area contributed by atoms with Gasteiger partial charge in [-0.15, -0.1) is 0 Å². The highest BCUT2D eigenvalue weighted by Crippen LogP contribution is 2.13. The van der Waals surface area contributed by atoms with E-state index in [9.17, 15) is 13.2 Å². The zero-order valence-corrected chi connectivity index (χ0v) is 10.7. The van der Waals surface area contributed by atoms with Crippen molar-refractivity contribution in [2.75, 3.05) is 13.6 Å². The van der Waals surface area contributed by atoms with Crippen molar-refractivity contribution in [1.82, 2.24) is 13.9 Å². The Hall–Kier alpha value is -1.41. The summed E-state index contributed by atoms with van der Waals surface area (Å²) in [6, 6.07) is 0.0937. The summed E-state index contributed by atoms with van der Waals surface area (Å²) < 4.78 is 26.2. The number of sulfonamides is 1. The van der Waals surface area contributed by atoms with Crippen molar-refractivity contribution in [2.45, 2.75) is 24.9 Å². The standard InChI is InChI=1S/C9H15N3O4S/c1-7(2)12-4-8(10-6-12)17(15,16)11(3)5-9(13)14/h4,6-7H,5H2,1-3H3,(H,13,14). The number of likely N-dealkylation sites (N-methyl/N-ethyl adjacent to an activating group) is 1. The topological polar surface area (TPSA) is 92.5 Å². The maximum atomic E-state index is 11.9. The lowest BCUT2D eigenvalue weighted by Gasteiger charge is -2.12. The molecule has 1 aromatic heterocycles. The molecule has 1 N–H and O–H groups in total. The second kappa shape index (κ2) is 4.84. The quantitative estimate of drug-likeness (QED) is 0.815. The van der Waals surface area contributed by atoms with E-state index < -0.39 is 22.5 Å². The van der Waals surface area contributed by atoms with Gasteiger partial charge in [0.25, 0.3) is 10.0 Å². The first-order valence-corrected chi connectivity index (χ1v) is 6.40. The Morgan fingerprint density at radius 3 is 2.59 bits per heavy atom. The summed E-state index contributed by atoms with van der Waals surface area (Å²) in [6.45, 7) is 3.19. The van der Waals surface area contributed by atoms with Crippen LogP contribution in [0.3, 0.4) is 0 Å². The average Bonchev–Trinajstić information content (AvgIpc) is 2.65. The average molecular weight is 261 g/mol. The summed E-state index contributed by atoms with van der Waals surface area (Å²) >= 11 is 0. The number of carbonyl (C=O) groups is 1. The molecule has 0 radical (unpaired) electrons. The largest absolute Gasteiger partial charge is 0.480 e. The molecule has 0 aliphatic rings. The molecule has 96 valence electrons. The maximum Gasteiger partial charge on any atom is 0.318 e. The Kier molecular flexibility index (Phi) is 3.89. The molecule has 0 aromatic carbocycles. The summed E-state index contributed by atoms with van der Waals surface area (Å²) in [5.41, 5.74) is 0. The van der Waals surface area contributed by atoms with E-state index in [0.29, 0.717) is 0 Å². The van der Waals surface area contributed by atoms with Gasteiger partial charge in [0.15, 0.2) is 5.03 Å². The third-order valence-corrected chi connectivity index (χ3v) is 3.90. The van der Waals surface area contributed by atoms with Crippen molar-refractivity contribution in [1.29, 1.82) is 0 Å². The summed E-state index contributed by atoms with van der Waals surface area (Å²) in [5, 5.41) is 8.41. The first kappa shape index (κ1) is 13.7. The van der Waals surface area contributed by atoms with E-state index in [1.807, 2.05) is 13.8 Å². The molecule has 0 saturated carbocycles. The highest BCUT2D eigenvalue weighted by molar-refractivity contribution is 7.89. The molecule has 0 spiro atoms. The third-order valence-electron chi connectivity index (χ3n) is 2.21. The molecule has 0 amide bonds. The summed E-state index contributed by atoms with van der Waals surface area (Å²) in [7, 11) is -2.62. The highest BCUT2D eigenvalue weighted by Gasteiger charge is 2.25. The van der Waals surface area contributed by atoms with Crippen molar-refractivity contribution in [3.63, 3.8) is 0 Å². The van der Waals surface area contributed by atoms with Gasteiger partial charge >= 0.3 is 5.97 Å². The Balaban J connectivity index is 3.00. The van der Waals surface area contributed by atoms with E-state index in [1.54, 1.807) is 4.57 Å². The predicted octanol–water partition coefficient (Wildman–Crippen LogP) is 0.169. The number of nitrogens with zero attached hydrogens (tertiary/aromatic N) is 3. The molecule has 0 saturated heterocycles.